The fourth-order valence-electron chi connectivity index (χ4n) is 4.95. The highest BCUT2D eigenvalue weighted by molar-refractivity contribution is 5.81. The second kappa shape index (κ2) is 9.90. The third kappa shape index (κ3) is 5.25. The Balaban J connectivity index is 1.36. The SMILES string of the molecule is O=C(O)/C=C/CNC(=O)CC1(NC(=O)OCC2c3ccccc3-c3ccccc32)CCCC1. The predicted octanol–water partition coefficient (Wildman–Crippen LogP) is 3.99. The number of aliphatic carboxylic acids is 1. The molecule has 0 unspecified atom stereocenters. The highest BCUT2D eigenvalue weighted by Crippen LogP contribution is 2.44. The molecule has 0 radical (unpaired) electrons. The van der Waals surface area contributed by atoms with Gasteiger partial charge >= 0.3 is 12.1 Å². The van der Waals surface area contributed by atoms with Gasteiger partial charge in [0.1, 0.15) is 6.61 Å². The van der Waals surface area contributed by atoms with E-state index >= 15 is 0 Å². The molecule has 0 saturated heterocycles. The Bertz CT molecular complexity index is 1030. The third-order valence-electron chi connectivity index (χ3n) is 6.45. The lowest BCUT2D eigenvalue weighted by Gasteiger charge is -2.29. The molecule has 0 spiro atoms. The summed E-state index contributed by atoms with van der Waals surface area (Å²) in [5.74, 6) is -1.31. The largest absolute Gasteiger partial charge is 0.478 e. The van der Waals surface area contributed by atoms with Crippen molar-refractivity contribution >= 4 is 18.0 Å². The molecule has 2 aromatic carbocycles. The first-order valence-corrected chi connectivity index (χ1v) is 11.3. The number of carbonyl (C=O) groups excluding carboxylic acids is 2. The molecule has 7 nitrogen and oxygen atoms in total. The second-order valence-electron chi connectivity index (χ2n) is 8.66. The van der Waals surface area contributed by atoms with Crippen LogP contribution in [0.25, 0.3) is 11.1 Å². The molecule has 4 rings (SSSR count). The van der Waals surface area contributed by atoms with Crippen LogP contribution in [0, 0.1) is 0 Å². The summed E-state index contributed by atoms with van der Waals surface area (Å²) in [5.41, 5.74) is 4.00. The van der Waals surface area contributed by atoms with E-state index in [0.717, 1.165) is 30.0 Å². The van der Waals surface area contributed by atoms with Crippen LogP contribution in [0.15, 0.2) is 60.7 Å². The van der Waals surface area contributed by atoms with E-state index in [2.05, 4.69) is 34.9 Å². The van der Waals surface area contributed by atoms with Crippen LogP contribution in [0.4, 0.5) is 4.79 Å². The molecule has 3 N–H and O–H groups in total. The molecule has 0 aliphatic heterocycles. The van der Waals surface area contributed by atoms with Gasteiger partial charge in [-0.25, -0.2) is 9.59 Å². The van der Waals surface area contributed by atoms with E-state index in [-0.39, 0.29) is 31.4 Å². The maximum absolute atomic E-state index is 12.8. The van der Waals surface area contributed by atoms with Gasteiger partial charge in [-0.15, -0.1) is 0 Å². The first-order chi connectivity index (χ1) is 16.0. The molecule has 1 fully saturated rings. The summed E-state index contributed by atoms with van der Waals surface area (Å²) in [5, 5.41) is 14.3. The quantitative estimate of drug-likeness (QED) is 0.530. The molecular formula is C26H28N2O5. The first kappa shape index (κ1) is 22.6. The lowest BCUT2D eigenvalue weighted by Crippen LogP contribution is -2.49. The van der Waals surface area contributed by atoms with Crippen molar-refractivity contribution in [3.05, 3.63) is 71.8 Å². The van der Waals surface area contributed by atoms with Crippen LogP contribution < -0.4 is 10.6 Å². The number of carboxylic acids is 1. The van der Waals surface area contributed by atoms with Crippen molar-refractivity contribution in [3.8, 4) is 11.1 Å². The Kier molecular flexibility index (Phi) is 6.77. The molecule has 1 saturated carbocycles. The van der Waals surface area contributed by atoms with Crippen molar-refractivity contribution < 1.29 is 24.2 Å². The Labute approximate surface area is 192 Å². The normalized spacial score (nSPS) is 16.2. The molecule has 7 heteroatoms. The number of ether oxygens (including phenoxy) is 1. The standard InChI is InChI=1S/C26H28N2O5/c29-23(27-15-7-12-24(30)31)16-26(13-5-6-14-26)28-25(32)33-17-22-20-10-3-1-8-18(20)19-9-2-4-11-21(19)22/h1-4,7-12,22H,5-6,13-17H2,(H,27,29)(H,28,32)(H,30,31)/b12-7+. The zero-order chi connectivity index (χ0) is 23.3. The van der Waals surface area contributed by atoms with Crippen molar-refractivity contribution in [1.82, 2.24) is 10.6 Å². The summed E-state index contributed by atoms with van der Waals surface area (Å²) in [6.07, 6.45) is 5.24. The molecule has 2 aliphatic rings. The average Bonchev–Trinajstić information content (AvgIpc) is 3.37. The van der Waals surface area contributed by atoms with Crippen LogP contribution in [0.1, 0.15) is 49.1 Å². The lowest BCUT2D eigenvalue weighted by atomic mass is 9.93. The number of carbonyl (C=O) groups is 3. The molecule has 33 heavy (non-hydrogen) atoms. The smallest absolute Gasteiger partial charge is 0.407 e. The van der Waals surface area contributed by atoms with Crippen LogP contribution >= 0.6 is 0 Å². The number of rotatable bonds is 8. The van der Waals surface area contributed by atoms with Crippen molar-refractivity contribution in [2.45, 2.75) is 43.6 Å². The average molecular weight is 449 g/mol. The summed E-state index contributed by atoms with van der Waals surface area (Å²) < 4.78 is 5.67. The van der Waals surface area contributed by atoms with Crippen LogP contribution in [0.3, 0.4) is 0 Å². The summed E-state index contributed by atoms with van der Waals surface area (Å²) in [6, 6.07) is 16.3. The van der Waals surface area contributed by atoms with Gasteiger partial charge in [0.15, 0.2) is 0 Å². The number of hydrogen-bond donors (Lipinski definition) is 3. The Morgan fingerprint density at radius 2 is 1.61 bits per heavy atom. The molecule has 0 bridgehead atoms. The maximum atomic E-state index is 12.8. The maximum Gasteiger partial charge on any atom is 0.407 e. The predicted molar refractivity (Wildman–Crippen MR) is 124 cm³/mol. The second-order valence-corrected chi connectivity index (χ2v) is 8.66. The molecule has 2 amide bonds. The van der Waals surface area contributed by atoms with Crippen LogP contribution in [-0.4, -0.2) is 41.8 Å². The van der Waals surface area contributed by atoms with Crippen molar-refractivity contribution in [1.29, 1.82) is 0 Å². The first-order valence-electron chi connectivity index (χ1n) is 11.3. The summed E-state index contributed by atoms with van der Waals surface area (Å²) in [7, 11) is 0. The van der Waals surface area contributed by atoms with E-state index in [1.165, 1.54) is 17.2 Å². The number of hydrogen-bond acceptors (Lipinski definition) is 4. The Hall–Kier alpha value is -3.61. The van der Waals surface area contributed by atoms with E-state index in [4.69, 9.17) is 9.84 Å². The van der Waals surface area contributed by atoms with Crippen molar-refractivity contribution in [2.75, 3.05) is 13.2 Å². The fourth-order valence-corrected chi connectivity index (χ4v) is 4.95. The third-order valence-corrected chi connectivity index (χ3v) is 6.45. The number of nitrogens with one attached hydrogen (secondary N) is 2. The van der Waals surface area contributed by atoms with E-state index < -0.39 is 17.6 Å². The van der Waals surface area contributed by atoms with Crippen LogP contribution in [-0.2, 0) is 14.3 Å². The molecular weight excluding hydrogens is 420 g/mol. The van der Waals surface area contributed by atoms with E-state index in [9.17, 15) is 14.4 Å². The van der Waals surface area contributed by atoms with Gasteiger partial charge in [0.25, 0.3) is 0 Å². The van der Waals surface area contributed by atoms with Gasteiger partial charge in [0, 0.05) is 25.0 Å². The van der Waals surface area contributed by atoms with E-state index in [1.54, 1.807) is 0 Å². The van der Waals surface area contributed by atoms with Gasteiger partial charge in [-0.2, -0.15) is 0 Å². The minimum absolute atomic E-state index is 0.0213. The highest BCUT2D eigenvalue weighted by atomic mass is 16.5. The Morgan fingerprint density at radius 1 is 1.00 bits per heavy atom. The molecule has 2 aromatic rings. The number of carboxylic acid groups (broad SMARTS) is 1. The number of fused-ring (bicyclic) bond motifs is 3. The van der Waals surface area contributed by atoms with Crippen molar-refractivity contribution in [3.63, 3.8) is 0 Å². The van der Waals surface area contributed by atoms with Gasteiger partial charge in [0.2, 0.25) is 5.91 Å². The minimum Gasteiger partial charge on any atom is -0.478 e. The lowest BCUT2D eigenvalue weighted by molar-refractivity contribution is -0.131. The van der Waals surface area contributed by atoms with Gasteiger partial charge < -0.3 is 20.5 Å². The minimum atomic E-state index is -1.06. The number of amides is 2. The van der Waals surface area contributed by atoms with Gasteiger partial charge in [-0.1, -0.05) is 67.4 Å². The van der Waals surface area contributed by atoms with Crippen LogP contribution in [0.5, 0.6) is 0 Å². The summed E-state index contributed by atoms with van der Waals surface area (Å²) in [6.45, 7) is 0.355. The zero-order valence-corrected chi connectivity index (χ0v) is 18.4. The van der Waals surface area contributed by atoms with Crippen LogP contribution in [0.2, 0.25) is 0 Å². The number of alkyl carbamates (subject to hydrolysis) is 1. The molecule has 2 aliphatic carbocycles. The summed E-state index contributed by atoms with van der Waals surface area (Å²) in [4.78, 5) is 35.7. The van der Waals surface area contributed by atoms with Gasteiger partial charge in [-0.05, 0) is 35.1 Å². The topological polar surface area (TPSA) is 105 Å². The number of benzene rings is 2. The summed E-state index contributed by atoms with van der Waals surface area (Å²) >= 11 is 0. The zero-order valence-electron chi connectivity index (χ0n) is 18.4. The van der Waals surface area contributed by atoms with Crippen molar-refractivity contribution in [2.24, 2.45) is 0 Å². The van der Waals surface area contributed by atoms with E-state index in [0.29, 0.717) is 12.8 Å². The molecule has 0 aromatic heterocycles. The molecule has 0 atom stereocenters. The fraction of sp³-hybridized carbons (Fsp3) is 0.346. The molecule has 0 heterocycles. The van der Waals surface area contributed by atoms with Gasteiger partial charge in [-0.3, -0.25) is 4.79 Å². The van der Waals surface area contributed by atoms with E-state index in [1.807, 2.05) is 24.3 Å². The highest BCUT2D eigenvalue weighted by Gasteiger charge is 2.38. The monoisotopic (exact) mass is 448 g/mol. The van der Waals surface area contributed by atoms with Gasteiger partial charge in [0.05, 0.1) is 5.54 Å². The molecule has 172 valence electrons. The Morgan fingerprint density at radius 3 is 2.21 bits per heavy atom.